The average Bonchev–Trinajstić information content (AvgIpc) is 3.30. The molecule has 2 N–H and O–H groups in total. The van der Waals surface area contributed by atoms with Gasteiger partial charge in [0.05, 0.1) is 29.8 Å². The summed E-state index contributed by atoms with van der Waals surface area (Å²) in [6.45, 7) is 3.65. The van der Waals surface area contributed by atoms with E-state index in [0.717, 1.165) is 19.3 Å². The molecule has 2 aromatic heterocycles. The molecule has 0 aliphatic heterocycles. The molecule has 43 heavy (non-hydrogen) atoms. The number of benzene rings is 1. The van der Waals surface area contributed by atoms with Gasteiger partial charge < -0.3 is 20.1 Å². The predicted molar refractivity (Wildman–Crippen MR) is 171 cm³/mol. The van der Waals surface area contributed by atoms with Gasteiger partial charge in [0.25, 0.3) is 5.56 Å². The Bertz CT molecular complexity index is 1540. The summed E-state index contributed by atoms with van der Waals surface area (Å²) >= 11 is 13.2. The summed E-state index contributed by atoms with van der Waals surface area (Å²) in [4.78, 5) is 35.3. The van der Waals surface area contributed by atoms with E-state index >= 15 is 0 Å². The number of halogens is 2. The summed E-state index contributed by atoms with van der Waals surface area (Å²) in [5.41, 5.74) is 0.703. The molecule has 3 atom stereocenters. The van der Waals surface area contributed by atoms with Gasteiger partial charge in [0, 0.05) is 42.3 Å². The fourth-order valence-electron chi connectivity index (χ4n) is 6.77. The zero-order valence-corrected chi connectivity index (χ0v) is 26.4. The van der Waals surface area contributed by atoms with E-state index in [-0.39, 0.29) is 39.2 Å². The van der Waals surface area contributed by atoms with Crippen molar-refractivity contribution in [1.29, 1.82) is 0 Å². The number of ether oxygens (including phenoxy) is 2. The van der Waals surface area contributed by atoms with E-state index in [1.54, 1.807) is 25.4 Å². The first kappa shape index (κ1) is 31.1. The third-order valence-electron chi connectivity index (χ3n) is 9.08. The highest BCUT2D eigenvalue weighted by Crippen LogP contribution is 2.45. The first-order chi connectivity index (χ1) is 20.7. The molecule has 1 amide bonds. The molecule has 5 rings (SSSR count). The van der Waals surface area contributed by atoms with E-state index in [4.69, 9.17) is 37.7 Å². The molecule has 0 spiro atoms. The summed E-state index contributed by atoms with van der Waals surface area (Å²) in [7, 11) is 4.61. The lowest BCUT2D eigenvalue weighted by atomic mass is 9.73. The lowest BCUT2D eigenvalue weighted by molar-refractivity contribution is -0.117. The molecule has 230 valence electrons. The van der Waals surface area contributed by atoms with Crippen LogP contribution in [0.1, 0.15) is 57.8 Å². The van der Waals surface area contributed by atoms with Crippen LogP contribution < -0.4 is 25.7 Å². The molecular weight excluding hydrogens is 589 g/mol. The monoisotopic (exact) mass is 627 g/mol. The van der Waals surface area contributed by atoms with Crippen molar-refractivity contribution >= 4 is 46.1 Å². The van der Waals surface area contributed by atoms with E-state index in [2.05, 4.69) is 22.2 Å². The Morgan fingerprint density at radius 1 is 1.00 bits per heavy atom. The number of anilines is 1. The first-order valence-corrected chi connectivity index (χ1v) is 15.7. The number of aryl methyl sites for hydroxylation is 1. The number of fused-ring (bicyclic) bond motifs is 1. The predicted octanol–water partition coefficient (Wildman–Crippen LogP) is 6.54. The first-order valence-electron chi connectivity index (χ1n) is 14.9. The van der Waals surface area contributed by atoms with E-state index in [9.17, 15) is 9.59 Å². The number of carbonyl (C=O) groups is 1. The molecule has 0 radical (unpaired) electrons. The number of methoxy groups -OCH3 is 2. The van der Waals surface area contributed by atoms with Crippen molar-refractivity contribution in [3.05, 3.63) is 51.4 Å². The van der Waals surface area contributed by atoms with Crippen LogP contribution in [0.15, 0.2) is 35.8 Å². The Morgan fingerprint density at radius 3 is 2.30 bits per heavy atom. The van der Waals surface area contributed by atoms with E-state index in [1.807, 2.05) is 0 Å². The third-order valence-corrected chi connectivity index (χ3v) is 9.83. The Hall–Kier alpha value is -3.30. The van der Waals surface area contributed by atoms with E-state index in [0.29, 0.717) is 45.9 Å². The lowest BCUT2D eigenvalue weighted by Crippen LogP contribution is -2.51. The third kappa shape index (κ3) is 6.48. The number of carbonyl (C=O) groups excluding carboxylic acids is 1. The second kappa shape index (κ2) is 13.6. The molecule has 3 aromatic rings. The van der Waals surface area contributed by atoms with Crippen LogP contribution in [0.4, 0.5) is 5.95 Å². The summed E-state index contributed by atoms with van der Waals surface area (Å²) < 4.78 is 12.2. The van der Waals surface area contributed by atoms with Gasteiger partial charge in [-0.05, 0) is 43.2 Å². The number of hydrogen-bond acceptors (Lipinski definition) is 7. The number of nitrogens with one attached hydrogen (secondary N) is 2. The van der Waals surface area contributed by atoms with Crippen LogP contribution in [0, 0.1) is 11.8 Å². The molecule has 11 heteroatoms. The normalized spacial score (nSPS) is 21.2. The highest BCUT2D eigenvalue weighted by Gasteiger charge is 2.35. The minimum atomic E-state index is -0.337. The van der Waals surface area contributed by atoms with Gasteiger partial charge in [-0.2, -0.15) is 4.98 Å². The van der Waals surface area contributed by atoms with Crippen molar-refractivity contribution < 1.29 is 14.3 Å². The number of nitrogens with zero attached hydrogens (tertiary/aromatic N) is 3. The standard InChI is InChI=1S/C32H39Cl2N5O4/c1-5-26(40)36-23-15-19(18-10-8-6-7-9-11-18)12-13-22(23)37-32-35-17-20-14-21(31(41)39(2)30(20)38-32)27-28(33)24(42-3)16-25(43-4)29(27)34/h5,14,16-19,22-23H,1,6-13,15H2,2-4H3,(H,36,40)(H,35,37,38)/t19?,22-,23+/m1/s1. The van der Waals surface area contributed by atoms with Crippen molar-refractivity contribution in [2.45, 2.75) is 69.9 Å². The Kier molecular flexibility index (Phi) is 9.82. The maximum atomic E-state index is 13.6. The van der Waals surface area contributed by atoms with Crippen LogP contribution in [0.25, 0.3) is 22.2 Å². The van der Waals surface area contributed by atoms with Gasteiger partial charge in [0.15, 0.2) is 0 Å². The molecule has 0 saturated heterocycles. The number of pyridine rings is 1. The second-order valence-electron chi connectivity index (χ2n) is 11.6. The molecule has 0 bridgehead atoms. The number of amides is 1. The minimum Gasteiger partial charge on any atom is -0.495 e. The van der Waals surface area contributed by atoms with Crippen molar-refractivity contribution in [2.24, 2.45) is 18.9 Å². The maximum absolute atomic E-state index is 13.6. The highest BCUT2D eigenvalue weighted by molar-refractivity contribution is 6.41. The Morgan fingerprint density at radius 2 is 1.67 bits per heavy atom. The smallest absolute Gasteiger partial charge is 0.259 e. The number of aromatic nitrogens is 3. The zero-order chi connectivity index (χ0) is 30.7. The van der Waals surface area contributed by atoms with Crippen molar-refractivity contribution in [3.63, 3.8) is 0 Å². The molecule has 2 fully saturated rings. The summed E-state index contributed by atoms with van der Waals surface area (Å²) in [5.74, 6) is 2.17. The fourth-order valence-corrected chi connectivity index (χ4v) is 7.48. The van der Waals surface area contributed by atoms with Crippen LogP contribution >= 0.6 is 23.2 Å². The fraction of sp³-hybridized carbons (Fsp3) is 0.500. The van der Waals surface area contributed by atoms with Gasteiger partial charge in [-0.25, -0.2) is 4.98 Å². The van der Waals surface area contributed by atoms with E-state index < -0.39 is 0 Å². The second-order valence-corrected chi connectivity index (χ2v) is 12.3. The quantitative estimate of drug-likeness (QED) is 0.216. The Balaban J connectivity index is 1.44. The van der Waals surface area contributed by atoms with Crippen LogP contribution in [0.5, 0.6) is 11.5 Å². The minimum absolute atomic E-state index is 0.0541. The molecule has 9 nitrogen and oxygen atoms in total. The molecule has 2 aliphatic carbocycles. The average molecular weight is 629 g/mol. The lowest BCUT2D eigenvalue weighted by Gasteiger charge is -2.40. The van der Waals surface area contributed by atoms with Gasteiger partial charge in [0.1, 0.15) is 17.1 Å². The summed E-state index contributed by atoms with van der Waals surface area (Å²) in [6, 6.07) is 3.13. The Labute approximate surface area is 262 Å². The molecule has 1 unspecified atom stereocenters. The van der Waals surface area contributed by atoms with Gasteiger partial charge in [-0.1, -0.05) is 68.3 Å². The molecular formula is C32H39Cl2N5O4. The number of rotatable bonds is 8. The topological polar surface area (TPSA) is 107 Å². The molecule has 1 aromatic carbocycles. The van der Waals surface area contributed by atoms with E-state index in [1.165, 1.54) is 63.4 Å². The van der Waals surface area contributed by atoms with Gasteiger partial charge >= 0.3 is 0 Å². The van der Waals surface area contributed by atoms with Crippen LogP contribution in [0.3, 0.4) is 0 Å². The van der Waals surface area contributed by atoms with Crippen LogP contribution in [0.2, 0.25) is 10.0 Å². The zero-order valence-electron chi connectivity index (χ0n) is 24.9. The van der Waals surface area contributed by atoms with Crippen molar-refractivity contribution in [2.75, 3.05) is 19.5 Å². The van der Waals surface area contributed by atoms with Gasteiger partial charge in [0.2, 0.25) is 11.9 Å². The summed E-state index contributed by atoms with van der Waals surface area (Å²) in [5, 5.41) is 7.67. The summed E-state index contributed by atoms with van der Waals surface area (Å²) in [6.07, 6.45) is 13.6. The molecule has 2 aliphatic rings. The van der Waals surface area contributed by atoms with Crippen molar-refractivity contribution in [3.8, 4) is 22.6 Å². The number of hydrogen-bond donors (Lipinski definition) is 2. The highest BCUT2D eigenvalue weighted by atomic mass is 35.5. The SMILES string of the molecule is C=CC(=O)N[C@H]1CC(C2CCCCCC2)CC[C@H]1Nc1ncc2cc(-c3c(Cl)c(OC)cc(OC)c3Cl)c(=O)n(C)c2n1. The van der Waals surface area contributed by atoms with Gasteiger partial charge in [-0.3, -0.25) is 14.2 Å². The van der Waals surface area contributed by atoms with Crippen LogP contribution in [-0.4, -0.2) is 46.7 Å². The molecule has 2 heterocycles. The van der Waals surface area contributed by atoms with Crippen LogP contribution in [-0.2, 0) is 11.8 Å². The maximum Gasteiger partial charge on any atom is 0.259 e. The van der Waals surface area contributed by atoms with Crippen molar-refractivity contribution in [1.82, 2.24) is 19.9 Å². The largest absolute Gasteiger partial charge is 0.495 e. The van der Waals surface area contributed by atoms with Gasteiger partial charge in [-0.15, -0.1) is 0 Å². The molecule has 2 saturated carbocycles.